The van der Waals surface area contributed by atoms with Gasteiger partial charge < -0.3 is 19.5 Å². The van der Waals surface area contributed by atoms with Crippen LogP contribution in [0.15, 0.2) is 28.6 Å². The number of benzene rings is 1. The molecule has 3 rings (SSSR count). The van der Waals surface area contributed by atoms with Crippen molar-refractivity contribution in [2.45, 2.75) is 11.3 Å². The lowest BCUT2D eigenvalue weighted by Crippen LogP contribution is -2.15. The van der Waals surface area contributed by atoms with Crippen LogP contribution in [0.1, 0.15) is 6.92 Å². The highest BCUT2D eigenvalue weighted by molar-refractivity contribution is 8.01. The summed E-state index contributed by atoms with van der Waals surface area (Å²) >= 11 is 2.89. The number of ether oxygens (including phenoxy) is 3. The van der Waals surface area contributed by atoms with Crippen LogP contribution in [0.4, 0.5) is 5.82 Å². The molecule has 2 heterocycles. The Morgan fingerprint density at radius 3 is 2.78 bits per heavy atom. The molecule has 1 N–H and O–H groups in total. The highest BCUT2D eigenvalue weighted by Crippen LogP contribution is 2.32. The second-order valence-electron chi connectivity index (χ2n) is 5.16. The maximum atomic E-state index is 12.2. The van der Waals surface area contributed by atoms with Crippen molar-refractivity contribution in [2.24, 2.45) is 0 Å². The number of carbonyl (C=O) groups excluding carboxylic acids is 1. The molecular weight excluding hydrogens is 388 g/mol. The number of amides is 1. The van der Waals surface area contributed by atoms with Crippen LogP contribution in [0.25, 0.3) is 10.2 Å². The Labute approximate surface area is 164 Å². The van der Waals surface area contributed by atoms with Crippen LogP contribution in [0, 0.1) is 0 Å². The van der Waals surface area contributed by atoms with Gasteiger partial charge in [-0.15, -0.1) is 11.3 Å². The maximum absolute atomic E-state index is 12.2. The summed E-state index contributed by atoms with van der Waals surface area (Å²) in [5.41, 5.74) is 0.886. The van der Waals surface area contributed by atoms with Crippen LogP contribution in [0.5, 0.6) is 17.6 Å². The van der Waals surface area contributed by atoms with Crippen LogP contribution in [0.3, 0.4) is 0 Å². The third kappa shape index (κ3) is 4.98. The van der Waals surface area contributed by atoms with Gasteiger partial charge in [0.2, 0.25) is 11.8 Å². The molecule has 27 heavy (non-hydrogen) atoms. The van der Waals surface area contributed by atoms with Crippen molar-refractivity contribution in [3.05, 3.63) is 24.3 Å². The van der Waals surface area contributed by atoms with Crippen LogP contribution in [-0.4, -0.2) is 47.4 Å². The zero-order valence-corrected chi connectivity index (χ0v) is 16.6. The van der Waals surface area contributed by atoms with Crippen LogP contribution in [0.2, 0.25) is 0 Å². The summed E-state index contributed by atoms with van der Waals surface area (Å²) in [4.78, 5) is 24.8. The number of nitrogens with zero attached hydrogens (tertiary/aromatic N) is 3. The summed E-state index contributed by atoms with van der Waals surface area (Å²) in [7, 11) is 2.92. The lowest BCUT2D eigenvalue weighted by molar-refractivity contribution is -0.113. The van der Waals surface area contributed by atoms with Gasteiger partial charge in [0.1, 0.15) is 11.6 Å². The topological polar surface area (TPSA) is 95.5 Å². The molecule has 0 spiro atoms. The van der Waals surface area contributed by atoms with Crippen LogP contribution < -0.4 is 19.5 Å². The second kappa shape index (κ2) is 8.87. The van der Waals surface area contributed by atoms with E-state index in [9.17, 15) is 4.79 Å². The summed E-state index contributed by atoms with van der Waals surface area (Å²) in [5, 5.41) is 2.71. The third-order valence-corrected chi connectivity index (χ3v) is 5.48. The molecule has 0 atom stereocenters. The summed E-state index contributed by atoms with van der Waals surface area (Å²) in [5.74, 6) is 1.43. The number of methoxy groups -OCH3 is 2. The minimum absolute atomic E-state index is 0.119. The highest BCUT2D eigenvalue weighted by Gasteiger charge is 2.11. The van der Waals surface area contributed by atoms with Crippen molar-refractivity contribution >= 4 is 45.0 Å². The normalized spacial score (nSPS) is 10.6. The number of carbonyl (C=O) groups is 1. The molecule has 0 bridgehead atoms. The Balaban J connectivity index is 1.63. The molecular formula is C17H18N4O4S2. The fourth-order valence-electron chi connectivity index (χ4n) is 2.17. The van der Waals surface area contributed by atoms with Crippen molar-refractivity contribution < 1.29 is 19.0 Å². The van der Waals surface area contributed by atoms with Crippen LogP contribution in [-0.2, 0) is 4.79 Å². The number of anilines is 1. The molecule has 142 valence electrons. The summed E-state index contributed by atoms with van der Waals surface area (Å²) in [6.07, 6.45) is 0. The van der Waals surface area contributed by atoms with Gasteiger partial charge in [-0.1, -0.05) is 11.8 Å². The molecule has 0 fully saturated rings. The first kappa shape index (κ1) is 19.2. The van der Waals surface area contributed by atoms with Crippen molar-refractivity contribution in [3.63, 3.8) is 0 Å². The molecule has 0 radical (unpaired) electrons. The predicted octanol–water partition coefficient (Wildman–Crippen LogP) is 3.23. The van der Waals surface area contributed by atoms with Gasteiger partial charge in [0.25, 0.3) is 0 Å². The van der Waals surface area contributed by atoms with E-state index >= 15 is 0 Å². The lowest BCUT2D eigenvalue weighted by atomic mass is 10.3. The fraction of sp³-hybridized carbons (Fsp3) is 0.294. The molecule has 0 unspecified atom stereocenters. The van der Waals surface area contributed by atoms with Crippen molar-refractivity contribution in [1.29, 1.82) is 0 Å². The van der Waals surface area contributed by atoms with Gasteiger partial charge >= 0.3 is 6.01 Å². The lowest BCUT2D eigenvalue weighted by Gasteiger charge is -2.07. The Hall–Kier alpha value is -2.59. The van der Waals surface area contributed by atoms with E-state index in [1.807, 2.05) is 25.1 Å². The minimum atomic E-state index is -0.211. The second-order valence-corrected chi connectivity index (χ2v) is 7.41. The zero-order chi connectivity index (χ0) is 19.2. The molecule has 0 saturated carbocycles. The Morgan fingerprint density at radius 2 is 2.04 bits per heavy atom. The molecule has 0 saturated heterocycles. The first-order chi connectivity index (χ1) is 13.1. The van der Waals surface area contributed by atoms with Crippen LogP contribution >= 0.6 is 23.1 Å². The first-order valence-corrected chi connectivity index (χ1v) is 9.84. The smallest absolute Gasteiger partial charge is 0.321 e. The molecule has 1 aromatic carbocycles. The SMILES string of the molecule is CCOc1ccc2nc(SCC(=O)Nc3cc(OC)nc(OC)n3)sc2c1. The Bertz CT molecular complexity index is 926. The Morgan fingerprint density at radius 1 is 1.19 bits per heavy atom. The molecule has 2 aromatic heterocycles. The average molecular weight is 406 g/mol. The van der Waals surface area contributed by atoms with E-state index in [0.29, 0.717) is 18.3 Å². The number of rotatable bonds is 8. The number of hydrogen-bond acceptors (Lipinski definition) is 9. The summed E-state index contributed by atoms with van der Waals surface area (Å²) < 4.78 is 17.4. The molecule has 8 nitrogen and oxygen atoms in total. The standard InChI is InChI=1S/C17H18N4O4S2/c1-4-25-10-5-6-11-12(7-10)27-17(18-11)26-9-14(22)19-13-8-15(23-2)21-16(20-13)24-3/h5-8H,4,9H2,1-3H3,(H,19,20,21,22). The summed E-state index contributed by atoms with van der Waals surface area (Å²) in [6.45, 7) is 2.56. The average Bonchev–Trinajstić information content (AvgIpc) is 3.08. The van der Waals surface area contributed by atoms with E-state index < -0.39 is 0 Å². The van der Waals surface area contributed by atoms with Crippen molar-refractivity contribution in [1.82, 2.24) is 15.0 Å². The fourth-order valence-corrected chi connectivity index (χ4v) is 4.07. The Kier molecular flexibility index (Phi) is 6.30. The molecule has 0 aliphatic heterocycles. The molecule has 0 aliphatic carbocycles. The van der Waals surface area contributed by atoms with E-state index in [1.54, 1.807) is 0 Å². The number of thioether (sulfide) groups is 1. The molecule has 10 heteroatoms. The largest absolute Gasteiger partial charge is 0.494 e. The number of nitrogens with one attached hydrogen (secondary N) is 1. The molecule has 1 amide bonds. The van der Waals surface area contributed by atoms with E-state index in [-0.39, 0.29) is 17.7 Å². The molecule has 3 aromatic rings. The van der Waals surface area contributed by atoms with Gasteiger partial charge in [-0.2, -0.15) is 9.97 Å². The van der Waals surface area contributed by atoms with Gasteiger partial charge in [0, 0.05) is 6.07 Å². The van der Waals surface area contributed by atoms with Crippen molar-refractivity contribution in [3.8, 4) is 17.6 Å². The number of aromatic nitrogens is 3. The zero-order valence-electron chi connectivity index (χ0n) is 15.0. The van der Waals surface area contributed by atoms with E-state index in [2.05, 4.69) is 20.3 Å². The first-order valence-electron chi connectivity index (χ1n) is 8.04. The number of hydrogen-bond donors (Lipinski definition) is 1. The van der Waals surface area contributed by atoms with E-state index in [1.165, 1.54) is 43.4 Å². The van der Waals surface area contributed by atoms with Crippen molar-refractivity contribution in [2.75, 3.05) is 31.9 Å². The summed E-state index contributed by atoms with van der Waals surface area (Å²) in [6, 6.07) is 7.41. The van der Waals surface area contributed by atoms with Gasteiger partial charge in [-0.05, 0) is 25.1 Å². The number of thiazole rings is 1. The monoisotopic (exact) mass is 406 g/mol. The van der Waals surface area contributed by atoms with Gasteiger partial charge in [0.05, 0.1) is 36.8 Å². The van der Waals surface area contributed by atoms with Gasteiger partial charge in [0.15, 0.2) is 4.34 Å². The number of fused-ring (bicyclic) bond motifs is 1. The minimum Gasteiger partial charge on any atom is -0.494 e. The van der Waals surface area contributed by atoms with Gasteiger partial charge in [-0.3, -0.25) is 4.79 Å². The van der Waals surface area contributed by atoms with E-state index in [0.717, 1.165) is 20.3 Å². The quantitative estimate of drug-likeness (QED) is 0.570. The predicted molar refractivity (Wildman–Crippen MR) is 105 cm³/mol. The van der Waals surface area contributed by atoms with Gasteiger partial charge in [-0.25, -0.2) is 4.98 Å². The van der Waals surface area contributed by atoms with E-state index in [4.69, 9.17) is 14.2 Å². The maximum Gasteiger partial charge on any atom is 0.321 e. The highest BCUT2D eigenvalue weighted by atomic mass is 32.2. The third-order valence-electron chi connectivity index (χ3n) is 3.32. The molecule has 0 aliphatic rings.